The molecule has 0 saturated carbocycles. The van der Waals surface area contributed by atoms with E-state index in [1.54, 1.807) is 37.3 Å². The van der Waals surface area contributed by atoms with Crippen LogP contribution in [0.25, 0.3) is 0 Å². The average Bonchev–Trinajstić information content (AvgIpc) is 3.39. The molecule has 1 N–H and O–H groups in total. The number of hydrazone groups is 1. The molecule has 3 heterocycles. The average molecular weight is 492 g/mol. The first-order chi connectivity index (χ1) is 15.8. The van der Waals surface area contributed by atoms with E-state index in [-0.39, 0.29) is 9.79 Å². The number of hydrogen-bond acceptors (Lipinski definition) is 7. The Morgan fingerprint density at radius 3 is 1.85 bits per heavy atom. The first-order valence-electron chi connectivity index (χ1n) is 11.2. The summed E-state index contributed by atoms with van der Waals surface area (Å²) in [5, 5.41) is 4.30. The number of hydrogen-bond donors (Lipinski definition) is 1. The molecular weight excluding hydrogens is 462 g/mol. The van der Waals surface area contributed by atoms with Crippen LogP contribution in [0.5, 0.6) is 0 Å². The molecule has 9 nitrogen and oxygen atoms in total. The van der Waals surface area contributed by atoms with Gasteiger partial charge in [-0.2, -0.15) is 13.7 Å². The first kappa shape index (κ1) is 23.8. The van der Waals surface area contributed by atoms with Crippen molar-refractivity contribution >= 4 is 31.6 Å². The molecule has 0 atom stereocenters. The van der Waals surface area contributed by atoms with Gasteiger partial charge < -0.3 is 0 Å². The maximum atomic E-state index is 12.7. The maximum absolute atomic E-state index is 12.7. The van der Waals surface area contributed by atoms with Gasteiger partial charge in [-0.25, -0.2) is 21.8 Å². The standard InChI is InChI=1S/C22H29N5O4S2/c1-18(19-7-9-20(10-8-19)32(28,29)26-15-5-6-16-26)24-25-22-12-11-21(17-23-22)33(30,31)27-13-3-2-4-14-27/h7-12,17H,2-6,13-16H2,1H3,(H,23,25)/b24-18+. The Morgan fingerprint density at radius 2 is 1.30 bits per heavy atom. The van der Waals surface area contributed by atoms with Crippen molar-refractivity contribution in [1.29, 1.82) is 0 Å². The molecular formula is C22H29N5O4S2. The van der Waals surface area contributed by atoms with Gasteiger partial charge in [-0.3, -0.25) is 5.43 Å². The van der Waals surface area contributed by atoms with Gasteiger partial charge in [0.25, 0.3) is 0 Å². The minimum absolute atomic E-state index is 0.172. The number of nitrogens with one attached hydrogen (secondary N) is 1. The van der Waals surface area contributed by atoms with Crippen LogP contribution in [-0.4, -0.2) is 62.3 Å². The highest BCUT2D eigenvalue weighted by Crippen LogP contribution is 2.22. The Hall–Kier alpha value is -2.34. The van der Waals surface area contributed by atoms with Crippen molar-refractivity contribution in [1.82, 2.24) is 13.6 Å². The number of benzene rings is 1. The van der Waals surface area contributed by atoms with Crippen molar-refractivity contribution in [3.8, 4) is 0 Å². The minimum Gasteiger partial charge on any atom is -0.261 e. The summed E-state index contributed by atoms with van der Waals surface area (Å²) in [5.41, 5.74) is 4.25. The maximum Gasteiger partial charge on any atom is 0.244 e. The van der Waals surface area contributed by atoms with Crippen molar-refractivity contribution in [2.45, 2.75) is 48.8 Å². The fourth-order valence-corrected chi connectivity index (χ4v) is 6.98. The molecule has 0 aliphatic carbocycles. The topological polar surface area (TPSA) is 112 Å². The molecule has 0 radical (unpaired) electrons. The van der Waals surface area contributed by atoms with Gasteiger partial charge in [-0.05, 0) is 62.4 Å². The normalized spacial score (nSPS) is 19.0. The van der Waals surface area contributed by atoms with Gasteiger partial charge in [0, 0.05) is 32.4 Å². The van der Waals surface area contributed by atoms with Gasteiger partial charge in [0.2, 0.25) is 20.0 Å². The predicted octanol–water partition coefficient (Wildman–Crippen LogP) is 2.88. The van der Waals surface area contributed by atoms with Gasteiger partial charge in [0.1, 0.15) is 10.7 Å². The van der Waals surface area contributed by atoms with Crippen LogP contribution >= 0.6 is 0 Å². The van der Waals surface area contributed by atoms with Crippen LogP contribution in [0.3, 0.4) is 0 Å². The van der Waals surface area contributed by atoms with Gasteiger partial charge in [-0.1, -0.05) is 18.6 Å². The summed E-state index contributed by atoms with van der Waals surface area (Å²) in [6, 6.07) is 9.76. The molecule has 178 valence electrons. The fourth-order valence-electron chi connectivity index (χ4n) is 4.00. The van der Waals surface area contributed by atoms with Crippen LogP contribution in [-0.2, 0) is 20.0 Å². The van der Waals surface area contributed by atoms with Crippen molar-refractivity contribution in [3.05, 3.63) is 48.2 Å². The van der Waals surface area contributed by atoms with E-state index in [1.165, 1.54) is 20.9 Å². The van der Waals surface area contributed by atoms with Crippen LogP contribution in [0, 0.1) is 0 Å². The third-order valence-corrected chi connectivity index (χ3v) is 9.80. The Morgan fingerprint density at radius 1 is 0.788 bits per heavy atom. The molecule has 0 amide bonds. The van der Waals surface area contributed by atoms with E-state index in [9.17, 15) is 16.8 Å². The summed E-state index contributed by atoms with van der Waals surface area (Å²) in [7, 11) is -6.97. The summed E-state index contributed by atoms with van der Waals surface area (Å²) < 4.78 is 53.8. The smallest absolute Gasteiger partial charge is 0.244 e. The van der Waals surface area contributed by atoms with Crippen LogP contribution in [0.1, 0.15) is 44.6 Å². The molecule has 0 spiro atoms. The van der Waals surface area contributed by atoms with Gasteiger partial charge in [0.05, 0.1) is 10.6 Å². The predicted molar refractivity (Wildman–Crippen MR) is 127 cm³/mol. The van der Waals surface area contributed by atoms with E-state index in [2.05, 4.69) is 15.5 Å². The number of nitrogens with zero attached hydrogens (tertiary/aromatic N) is 4. The number of anilines is 1. The van der Waals surface area contributed by atoms with Crippen molar-refractivity contribution in [2.24, 2.45) is 5.10 Å². The van der Waals surface area contributed by atoms with Crippen molar-refractivity contribution < 1.29 is 16.8 Å². The lowest BCUT2D eigenvalue weighted by atomic mass is 10.1. The van der Waals surface area contributed by atoms with E-state index < -0.39 is 20.0 Å². The number of pyridine rings is 1. The van der Waals surface area contributed by atoms with E-state index in [4.69, 9.17) is 0 Å². The van der Waals surface area contributed by atoms with Crippen LogP contribution in [0.2, 0.25) is 0 Å². The Labute approximate surface area is 195 Å². The zero-order valence-electron chi connectivity index (χ0n) is 18.6. The Bertz CT molecular complexity index is 1200. The third-order valence-electron chi connectivity index (χ3n) is 6.00. The van der Waals surface area contributed by atoms with Gasteiger partial charge >= 0.3 is 0 Å². The van der Waals surface area contributed by atoms with E-state index in [1.807, 2.05) is 0 Å². The summed E-state index contributed by atoms with van der Waals surface area (Å²) in [5.74, 6) is 0.417. The molecule has 0 unspecified atom stereocenters. The summed E-state index contributed by atoms with van der Waals surface area (Å²) >= 11 is 0. The van der Waals surface area contributed by atoms with E-state index in [0.717, 1.165) is 37.7 Å². The molecule has 2 fully saturated rings. The second kappa shape index (κ2) is 9.88. The molecule has 2 saturated heterocycles. The number of piperidine rings is 1. The molecule has 0 bridgehead atoms. The molecule has 2 aromatic rings. The van der Waals surface area contributed by atoms with Crippen molar-refractivity contribution in [3.63, 3.8) is 0 Å². The highest BCUT2D eigenvalue weighted by atomic mass is 32.2. The van der Waals surface area contributed by atoms with Crippen LogP contribution < -0.4 is 5.43 Å². The summed E-state index contributed by atoms with van der Waals surface area (Å²) in [6.45, 7) is 4.03. The zero-order valence-corrected chi connectivity index (χ0v) is 20.3. The molecule has 11 heteroatoms. The highest BCUT2D eigenvalue weighted by Gasteiger charge is 2.27. The van der Waals surface area contributed by atoms with Crippen LogP contribution in [0.15, 0.2) is 57.5 Å². The van der Waals surface area contributed by atoms with Gasteiger partial charge in [-0.15, -0.1) is 0 Å². The number of rotatable bonds is 7. The SMILES string of the molecule is C/C(=N\Nc1ccc(S(=O)(=O)N2CCCCC2)cn1)c1ccc(S(=O)(=O)N2CCCC2)cc1. The molecule has 1 aromatic heterocycles. The number of aromatic nitrogens is 1. The molecule has 2 aliphatic heterocycles. The largest absolute Gasteiger partial charge is 0.261 e. The second-order valence-electron chi connectivity index (χ2n) is 8.29. The Balaban J connectivity index is 1.41. The lowest BCUT2D eigenvalue weighted by molar-refractivity contribution is 0.346. The van der Waals surface area contributed by atoms with Crippen LogP contribution in [0.4, 0.5) is 5.82 Å². The highest BCUT2D eigenvalue weighted by molar-refractivity contribution is 7.89. The molecule has 1 aromatic carbocycles. The summed E-state index contributed by atoms with van der Waals surface area (Å²) in [6.07, 6.45) is 5.95. The van der Waals surface area contributed by atoms with Gasteiger partial charge in [0.15, 0.2) is 0 Å². The quantitative estimate of drug-likeness (QED) is 0.471. The monoisotopic (exact) mass is 491 g/mol. The number of sulfonamides is 2. The minimum atomic E-state index is -3.52. The fraction of sp³-hybridized carbons (Fsp3) is 0.455. The Kier molecular flexibility index (Phi) is 7.13. The second-order valence-corrected chi connectivity index (χ2v) is 12.2. The zero-order chi connectivity index (χ0) is 23.5. The van der Waals surface area contributed by atoms with E-state index in [0.29, 0.717) is 37.7 Å². The molecule has 4 rings (SSSR count). The van der Waals surface area contributed by atoms with Crippen molar-refractivity contribution in [2.75, 3.05) is 31.6 Å². The third kappa shape index (κ3) is 5.26. The van der Waals surface area contributed by atoms with E-state index >= 15 is 0 Å². The lowest BCUT2D eigenvalue weighted by Crippen LogP contribution is -2.35. The summed E-state index contributed by atoms with van der Waals surface area (Å²) in [4.78, 5) is 4.64. The lowest BCUT2D eigenvalue weighted by Gasteiger charge is -2.25. The molecule has 2 aliphatic rings. The first-order valence-corrected chi connectivity index (χ1v) is 14.0. The molecule has 33 heavy (non-hydrogen) atoms.